The fourth-order valence-corrected chi connectivity index (χ4v) is 3.68. The molecule has 0 saturated heterocycles. The third kappa shape index (κ3) is 3.26. The van der Waals surface area contributed by atoms with Crippen LogP contribution in [0.3, 0.4) is 0 Å². The molecule has 102 valence electrons. The van der Waals surface area contributed by atoms with Crippen LogP contribution in [0.4, 0.5) is 0 Å². The summed E-state index contributed by atoms with van der Waals surface area (Å²) in [6, 6.07) is 0. The Morgan fingerprint density at radius 1 is 1.39 bits per heavy atom. The van der Waals surface area contributed by atoms with Crippen molar-refractivity contribution in [2.75, 3.05) is 12.8 Å². The van der Waals surface area contributed by atoms with E-state index in [0.717, 1.165) is 25.5 Å². The molecule has 0 bridgehead atoms. The molecule has 5 heteroatoms. The van der Waals surface area contributed by atoms with Gasteiger partial charge in [0.25, 0.3) is 0 Å². The lowest BCUT2D eigenvalue weighted by Crippen LogP contribution is -2.39. The van der Waals surface area contributed by atoms with Crippen LogP contribution in [0, 0.1) is 0 Å². The van der Waals surface area contributed by atoms with Crippen LogP contribution in [-0.4, -0.2) is 32.3 Å². The van der Waals surface area contributed by atoms with Gasteiger partial charge in [0.15, 0.2) is 0 Å². The van der Waals surface area contributed by atoms with Crippen LogP contribution in [0.5, 0.6) is 0 Å². The van der Waals surface area contributed by atoms with E-state index in [2.05, 4.69) is 28.6 Å². The Hall–Kier alpha value is -0.550. The number of nitrogens with one attached hydrogen (secondary N) is 1. The van der Waals surface area contributed by atoms with Crippen molar-refractivity contribution >= 4 is 11.8 Å². The van der Waals surface area contributed by atoms with Crippen LogP contribution in [0.2, 0.25) is 0 Å². The molecule has 1 aliphatic rings. The van der Waals surface area contributed by atoms with E-state index in [9.17, 15) is 0 Å². The number of aryl methyl sites for hydroxylation is 1. The number of hydrogen-bond donors (Lipinski definition) is 1. The summed E-state index contributed by atoms with van der Waals surface area (Å²) in [6.45, 7) is 4.91. The SMILES string of the molecule is CCn1ncnc1CNCC1(SC)CCCCC1. The maximum Gasteiger partial charge on any atom is 0.140 e. The summed E-state index contributed by atoms with van der Waals surface area (Å²) in [6.07, 6.45) is 10.8. The molecular formula is C13H24N4S. The van der Waals surface area contributed by atoms with Crippen LogP contribution in [0.15, 0.2) is 6.33 Å². The summed E-state index contributed by atoms with van der Waals surface area (Å²) in [5.41, 5.74) is 0. The van der Waals surface area contributed by atoms with Gasteiger partial charge in [0.1, 0.15) is 12.2 Å². The molecule has 1 heterocycles. The van der Waals surface area contributed by atoms with Gasteiger partial charge in [-0.1, -0.05) is 19.3 Å². The summed E-state index contributed by atoms with van der Waals surface area (Å²) in [7, 11) is 0. The smallest absolute Gasteiger partial charge is 0.140 e. The number of thioether (sulfide) groups is 1. The molecule has 0 amide bonds. The topological polar surface area (TPSA) is 42.7 Å². The van der Waals surface area contributed by atoms with Crippen molar-refractivity contribution in [3.05, 3.63) is 12.2 Å². The van der Waals surface area contributed by atoms with Crippen molar-refractivity contribution in [3.8, 4) is 0 Å². The lowest BCUT2D eigenvalue weighted by atomic mass is 9.88. The highest BCUT2D eigenvalue weighted by atomic mass is 32.2. The van der Waals surface area contributed by atoms with E-state index >= 15 is 0 Å². The zero-order valence-corrected chi connectivity index (χ0v) is 12.3. The van der Waals surface area contributed by atoms with E-state index in [1.165, 1.54) is 32.1 Å². The van der Waals surface area contributed by atoms with Crippen molar-refractivity contribution in [1.29, 1.82) is 0 Å². The minimum Gasteiger partial charge on any atom is -0.308 e. The molecule has 0 radical (unpaired) electrons. The monoisotopic (exact) mass is 268 g/mol. The highest BCUT2D eigenvalue weighted by Crippen LogP contribution is 2.37. The standard InChI is InChI=1S/C13H24N4S/c1-3-17-12(15-11-16-17)9-14-10-13(18-2)7-5-4-6-8-13/h11,14H,3-10H2,1-2H3. The first-order valence-corrected chi connectivity index (χ1v) is 8.15. The molecular weight excluding hydrogens is 244 g/mol. The van der Waals surface area contributed by atoms with Crippen molar-refractivity contribution in [3.63, 3.8) is 0 Å². The summed E-state index contributed by atoms with van der Waals surface area (Å²) in [4.78, 5) is 4.30. The molecule has 1 aromatic rings. The van der Waals surface area contributed by atoms with Gasteiger partial charge in [-0.3, -0.25) is 0 Å². The zero-order valence-electron chi connectivity index (χ0n) is 11.5. The van der Waals surface area contributed by atoms with Crippen LogP contribution >= 0.6 is 11.8 Å². The van der Waals surface area contributed by atoms with Crippen molar-refractivity contribution in [1.82, 2.24) is 20.1 Å². The van der Waals surface area contributed by atoms with Crippen LogP contribution in [0.25, 0.3) is 0 Å². The highest BCUT2D eigenvalue weighted by Gasteiger charge is 2.30. The lowest BCUT2D eigenvalue weighted by Gasteiger charge is -2.36. The minimum absolute atomic E-state index is 0.454. The molecule has 0 aliphatic heterocycles. The number of nitrogens with zero attached hydrogens (tertiary/aromatic N) is 3. The highest BCUT2D eigenvalue weighted by molar-refractivity contribution is 8.00. The molecule has 18 heavy (non-hydrogen) atoms. The Balaban J connectivity index is 1.83. The Labute approximate surface area is 114 Å². The summed E-state index contributed by atoms with van der Waals surface area (Å²) >= 11 is 2.04. The Morgan fingerprint density at radius 3 is 2.83 bits per heavy atom. The van der Waals surface area contributed by atoms with Crippen LogP contribution < -0.4 is 5.32 Å². The average Bonchev–Trinajstić information content (AvgIpc) is 2.87. The molecule has 1 fully saturated rings. The van der Waals surface area contributed by atoms with Gasteiger partial charge < -0.3 is 5.32 Å². The van der Waals surface area contributed by atoms with Crippen molar-refractivity contribution < 1.29 is 0 Å². The van der Waals surface area contributed by atoms with Crippen LogP contribution in [-0.2, 0) is 13.1 Å². The molecule has 0 atom stereocenters. The van der Waals surface area contributed by atoms with Gasteiger partial charge in [0, 0.05) is 17.8 Å². The molecule has 1 aliphatic carbocycles. The first-order valence-electron chi connectivity index (χ1n) is 6.92. The Bertz CT molecular complexity index is 358. The molecule has 1 N–H and O–H groups in total. The van der Waals surface area contributed by atoms with E-state index in [-0.39, 0.29) is 0 Å². The van der Waals surface area contributed by atoms with E-state index in [1.54, 1.807) is 6.33 Å². The van der Waals surface area contributed by atoms with Gasteiger partial charge in [0.2, 0.25) is 0 Å². The second-order valence-electron chi connectivity index (χ2n) is 5.04. The maximum atomic E-state index is 4.30. The Kier molecular flexibility index (Phi) is 5.06. The van der Waals surface area contributed by atoms with Gasteiger partial charge in [-0.05, 0) is 26.0 Å². The normalized spacial score (nSPS) is 19.0. The third-order valence-corrected chi connectivity index (χ3v) is 5.34. The largest absolute Gasteiger partial charge is 0.308 e. The van der Waals surface area contributed by atoms with Gasteiger partial charge in [-0.15, -0.1) is 0 Å². The predicted molar refractivity (Wildman–Crippen MR) is 76.7 cm³/mol. The van der Waals surface area contributed by atoms with E-state index < -0.39 is 0 Å². The molecule has 1 aromatic heterocycles. The lowest BCUT2D eigenvalue weighted by molar-refractivity contribution is 0.376. The van der Waals surface area contributed by atoms with Gasteiger partial charge >= 0.3 is 0 Å². The molecule has 0 aromatic carbocycles. The Morgan fingerprint density at radius 2 is 2.17 bits per heavy atom. The summed E-state index contributed by atoms with van der Waals surface area (Å²) in [5.74, 6) is 1.05. The van der Waals surface area contributed by atoms with E-state index in [1.807, 2.05) is 16.4 Å². The quantitative estimate of drug-likeness (QED) is 0.860. The average molecular weight is 268 g/mol. The predicted octanol–water partition coefficient (Wildman–Crippen LogP) is 2.45. The maximum absolute atomic E-state index is 4.30. The van der Waals surface area contributed by atoms with Gasteiger partial charge in [-0.2, -0.15) is 16.9 Å². The fraction of sp³-hybridized carbons (Fsp3) is 0.846. The summed E-state index contributed by atoms with van der Waals surface area (Å²) < 4.78 is 2.41. The number of aromatic nitrogens is 3. The molecule has 0 unspecified atom stereocenters. The van der Waals surface area contributed by atoms with Crippen molar-refractivity contribution in [2.24, 2.45) is 0 Å². The van der Waals surface area contributed by atoms with Crippen molar-refractivity contribution in [2.45, 2.75) is 56.9 Å². The second kappa shape index (κ2) is 6.57. The third-order valence-electron chi connectivity index (χ3n) is 3.92. The first kappa shape index (κ1) is 13.9. The van der Waals surface area contributed by atoms with Gasteiger partial charge in [0.05, 0.1) is 6.54 Å². The molecule has 1 saturated carbocycles. The summed E-state index contributed by atoms with van der Waals surface area (Å²) in [5, 5.41) is 7.78. The first-order chi connectivity index (χ1) is 8.79. The van der Waals surface area contributed by atoms with Crippen LogP contribution in [0.1, 0.15) is 44.9 Å². The zero-order chi connectivity index (χ0) is 12.8. The van der Waals surface area contributed by atoms with E-state index in [0.29, 0.717) is 4.75 Å². The number of rotatable bonds is 6. The minimum atomic E-state index is 0.454. The second-order valence-corrected chi connectivity index (χ2v) is 6.32. The number of hydrogen-bond acceptors (Lipinski definition) is 4. The molecule has 0 spiro atoms. The molecule has 2 rings (SSSR count). The van der Waals surface area contributed by atoms with E-state index in [4.69, 9.17) is 0 Å². The fourth-order valence-electron chi connectivity index (χ4n) is 2.74. The van der Waals surface area contributed by atoms with Gasteiger partial charge in [-0.25, -0.2) is 9.67 Å². The molecule has 4 nitrogen and oxygen atoms in total.